The van der Waals surface area contributed by atoms with E-state index in [0.29, 0.717) is 12.0 Å². The van der Waals surface area contributed by atoms with Gasteiger partial charge in [-0.25, -0.2) is 8.78 Å². The summed E-state index contributed by atoms with van der Waals surface area (Å²) in [6, 6.07) is 11.2. The summed E-state index contributed by atoms with van der Waals surface area (Å²) in [4.78, 5) is 0. The second-order valence-electron chi connectivity index (χ2n) is 4.98. The van der Waals surface area contributed by atoms with Crippen LogP contribution < -0.4 is 5.32 Å². The summed E-state index contributed by atoms with van der Waals surface area (Å²) in [5, 5.41) is 3.34. The minimum atomic E-state index is -0.269. The third-order valence-corrected chi connectivity index (χ3v) is 4.01. The molecular weight excluding hydrogens is 336 g/mol. The molecule has 0 bridgehead atoms. The molecule has 1 atom stereocenters. The average molecular weight is 354 g/mol. The van der Waals surface area contributed by atoms with Crippen molar-refractivity contribution >= 4 is 15.9 Å². The third kappa shape index (κ3) is 4.35. The summed E-state index contributed by atoms with van der Waals surface area (Å²) >= 11 is 3.41. The summed E-state index contributed by atoms with van der Waals surface area (Å²) in [6.45, 7) is 2.84. The van der Waals surface area contributed by atoms with Crippen molar-refractivity contribution in [1.82, 2.24) is 5.32 Å². The van der Waals surface area contributed by atoms with Crippen LogP contribution >= 0.6 is 15.9 Å². The first kappa shape index (κ1) is 16.1. The highest BCUT2D eigenvalue weighted by Gasteiger charge is 2.18. The lowest BCUT2D eigenvalue weighted by molar-refractivity contribution is 0.494. The largest absolute Gasteiger partial charge is 0.310 e. The quantitative estimate of drug-likeness (QED) is 0.769. The lowest BCUT2D eigenvalue weighted by atomic mass is 9.98. The molecule has 0 aliphatic carbocycles. The first-order valence-electron chi connectivity index (χ1n) is 7.03. The summed E-state index contributed by atoms with van der Waals surface area (Å²) in [6.07, 6.45) is 1.49. The van der Waals surface area contributed by atoms with Gasteiger partial charge in [-0.2, -0.15) is 0 Å². The molecule has 0 aromatic heterocycles. The first-order valence-corrected chi connectivity index (χ1v) is 7.83. The first-order chi connectivity index (χ1) is 10.1. The van der Waals surface area contributed by atoms with Crippen LogP contribution in [0.3, 0.4) is 0 Å². The van der Waals surface area contributed by atoms with Crippen molar-refractivity contribution in [1.29, 1.82) is 0 Å². The number of hydrogen-bond acceptors (Lipinski definition) is 1. The van der Waals surface area contributed by atoms with Crippen molar-refractivity contribution in [3.05, 3.63) is 69.7 Å². The predicted molar refractivity (Wildman–Crippen MR) is 85.2 cm³/mol. The Morgan fingerprint density at radius 2 is 1.90 bits per heavy atom. The molecule has 0 aliphatic rings. The molecule has 2 aromatic carbocycles. The van der Waals surface area contributed by atoms with Crippen molar-refractivity contribution < 1.29 is 8.78 Å². The van der Waals surface area contributed by atoms with E-state index in [0.717, 1.165) is 23.0 Å². The van der Waals surface area contributed by atoms with Gasteiger partial charge in [-0.15, -0.1) is 0 Å². The van der Waals surface area contributed by atoms with Gasteiger partial charge in [-0.05, 0) is 49.2 Å². The molecule has 0 radical (unpaired) electrons. The molecule has 0 amide bonds. The van der Waals surface area contributed by atoms with Crippen LogP contribution in [0.2, 0.25) is 0 Å². The van der Waals surface area contributed by atoms with Gasteiger partial charge in [0.05, 0.1) is 0 Å². The number of benzene rings is 2. The zero-order valence-electron chi connectivity index (χ0n) is 11.9. The molecule has 1 N–H and O–H groups in total. The van der Waals surface area contributed by atoms with Crippen LogP contribution in [0.25, 0.3) is 0 Å². The summed E-state index contributed by atoms with van der Waals surface area (Å²) in [7, 11) is 0. The van der Waals surface area contributed by atoms with Crippen molar-refractivity contribution in [3.8, 4) is 0 Å². The van der Waals surface area contributed by atoms with Gasteiger partial charge < -0.3 is 5.32 Å². The smallest absolute Gasteiger partial charge is 0.129 e. The van der Waals surface area contributed by atoms with Crippen LogP contribution in [0.5, 0.6) is 0 Å². The summed E-state index contributed by atoms with van der Waals surface area (Å²) in [5.74, 6) is -0.524. The van der Waals surface area contributed by atoms with Crippen molar-refractivity contribution in [2.45, 2.75) is 25.8 Å². The molecule has 21 heavy (non-hydrogen) atoms. The lowest BCUT2D eigenvalue weighted by Gasteiger charge is -2.21. The molecule has 1 unspecified atom stereocenters. The molecule has 0 saturated carbocycles. The molecular formula is C17H18BrF2N. The van der Waals surface area contributed by atoms with Crippen molar-refractivity contribution in [3.63, 3.8) is 0 Å². The van der Waals surface area contributed by atoms with Gasteiger partial charge in [0.25, 0.3) is 0 Å². The second-order valence-corrected chi connectivity index (χ2v) is 5.83. The second kappa shape index (κ2) is 7.66. The fraction of sp³-hybridized carbons (Fsp3) is 0.294. The molecule has 2 rings (SSSR count). The maximum atomic E-state index is 14.2. The van der Waals surface area contributed by atoms with Gasteiger partial charge in [0, 0.05) is 16.1 Å². The molecule has 4 heteroatoms. The van der Waals surface area contributed by atoms with Crippen LogP contribution in [0, 0.1) is 11.6 Å². The maximum absolute atomic E-state index is 14.2. The van der Waals surface area contributed by atoms with Gasteiger partial charge in [0.1, 0.15) is 11.6 Å². The van der Waals surface area contributed by atoms with E-state index in [1.54, 1.807) is 12.1 Å². The molecule has 2 aromatic rings. The Kier molecular flexibility index (Phi) is 5.88. The molecule has 0 fully saturated rings. The molecule has 0 saturated heterocycles. The molecule has 0 aliphatic heterocycles. The molecule has 112 valence electrons. The normalized spacial score (nSPS) is 12.4. The molecule has 1 nitrogen and oxygen atoms in total. The van der Waals surface area contributed by atoms with Crippen LogP contribution in [0.1, 0.15) is 30.5 Å². The van der Waals surface area contributed by atoms with E-state index >= 15 is 0 Å². The van der Waals surface area contributed by atoms with Gasteiger partial charge in [0.2, 0.25) is 0 Å². The standard InChI is InChI=1S/C17H18BrF2N/c1-2-9-21-16(11-12-5-3-6-13(19)10-12)17-14(18)7-4-8-15(17)20/h3-8,10,16,21H,2,9,11H2,1H3. The van der Waals surface area contributed by atoms with Crippen LogP contribution in [-0.2, 0) is 6.42 Å². The Labute approximate surface area is 132 Å². The Morgan fingerprint density at radius 1 is 1.14 bits per heavy atom. The highest BCUT2D eigenvalue weighted by molar-refractivity contribution is 9.10. The zero-order chi connectivity index (χ0) is 15.2. The van der Waals surface area contributed by atoms with Crippen molar-refractivity contribution in [2.24, 2.45) is 0 Å². The highest BCUT2D eigenvalue weighted by atomic mass is 79.9. The fourth-order valence-electron chi connectivity index (χ4n) is 2.34. The Hall–Kier alpha value is -1.26. The van der Waals surface area contributed by atoms with Gasteiger partial charge in [-0.1, -0.05) is 41.1 Å². The van der Waals surface area contributed by atoms with E-state index in [1.165, 1.54) is 18.2 Å². The van der Waals surface area contributed by atoms with Crippen LogP contribution in [-0.4, -0.2) is 6.54 Å². The fourth-order valence-corrected chi connectivity index (χ4v) is 2.96. The lowest BCUT2D eigenvalue weighted by Crippen LogP contribution is -2.25. The minimum absolute atomic E-state index is 0.192. The topological polar surface area (TPSA) is 12.0 Å². The zero-order valence-corrected chi connectivity index (χ0v) is 13.5. The molecule has 0 spiro atoms. The Balaban J connectivity index is 2.30. The van der Waals surface area contributed by atoms with Crippen LogP contribution in [0.15, 0.2) is 46.9 Å². The SMILES string of the molecule is CCCNC(Cc1cccc(F)c1)c1c(F)cccc1Br. The minimum Gasteiger partial charge on any atom is -0.310 e. The van der Waals surface area contributed by atoms with E-state index in [4.69, 9.17) is 0 Å². The van der Waals surface area contributed by atoms with Gasteiger partial charge in [-0.3, -0.25) is 0 Å². The van der Waals surface area contributed by atoms with E-state index < -0.39 is 0 Å². The van der Waals surface area contributed by atoms with Crippen molar-refractivity contribution in [2.75, 3.05) is 6.54 Å². The summed E-state index contributed by atoms with van der Waals surface area (Å²) in [5.41, 5.74) is 1.44. The summed E-state index contributed by atoms with van der Waals surface area (Å²) < 4.78 is 28.2. The number of halogens is 3. The number of hydrogen-bond donors (Lipinski definition) is 1. The average Bonchev–Trinajstić information content (AvgIpc) is 2.44. The van der Waals surface area contributed by atoms with E-state index in [1.807, 2.05) is 12.1 Å². The Bertz CT molecular complexity index is 581. The molecule has 0 heterocycles. The van der Waals surface area contributed by atoms with Gasteiger partial charge in [0.15, 0.2) is 0 Å². The van der Waals surface area contributed by atoms with E-state index in [2.05, 4.69) is 28.2 Å². The number of rotatable bonds is 6. The van der Waals surface area contributed by atoms with Crippen LogP contribution in [0.4, 0.5) is 8.78 Å². The highest BCUT2D eigenvalue weighted by Crippen LogP contribution is 2.29. The van der Waals surface area contributed by atoms with E-state index in [9.17, 15) is 8.78 Å². The predicted octanol–water partition coefficient (Wildman–Crippen LogP) is 5.01. The van der Waals surface area contributed by atoms with Gasteiger partial charge >= 0.3 is 0 Å². The maximum Gasteiger partial charge on any atom is 0.129 e. The van der Waals surface area contributed by atoms with E-state index in [-0.39, 0.29) is 17.7 Å². The third-order valence-electron chi connectivity index (χ3n) is 3.32. The Morgan fingerprint density at radius 3 is 2.57 bits per heavy atom. The monoisotopic (exact) mass is 353 g/mol. The number of nitrogens with one attached hydrogen (secondary N) is 1.